The Hall–Kier alpha value is -2.49. The molecule has 0 spiro atoms. The highest BCUT2D eigenvalue weighted by molar-refractivity contribution is 5.81. The van der Waals surface area contributed by atoms with Crippen LogP contribution in [0.1, 0.15) is 6.92 Å². The monoisotopic (exact) mass is 256 g/mol. The number of nitrogens with one attached hydrogen (secondary N) is 2. The molecule has 0 aromatic heterocycles. The van der Waals surface area contributed by atoms with Crippen LogP contribution in [0, 0.1) is 0 Å². The summed E-state index contributed by atoms with van der Waals surface area (Å²) in [6, 6.07) is 18.7. The molecule has 2 rings (SSSR count). The van der Waals surface area contributed by atoms with Gasteiger partial charge < -0.3 is 4.74 Å². The minimum absolute atomic E-state index is 0.229. The van der Waals surface area contributed by atoms with Crippen LogP contribution in [-0.4, -0.2) is 12.0 Å². The zero-order chi connectivity index (χ0) is 13.5. The first-order chi connectivity index (χ1) is 9.25. The molecule has 0 aliphatic heterocycles. The summed E-state index contributed by atoms with van der Waals surface area (Å²) in [5.74, 6) is 0.442. The zero-order valence-electron chi connectivity index (χ0n) is 10.7. The number of para-hydroxylation sites is 2. The van der Waals surface area contributed by atoms with Crippen molar-refractivity contribution in [1.29, 1.82) is 0 Å². The fraction of sp³-hybridized carbons (Fsp3) is 0.133. The minimum Gasteiger partial charge on any atom is -0.481 e. The van der Waals surface area contributed by atoms with Crippen molar-refractivity contribution in [3.8, 4) is 5.75 Å². The fourth-order valence-electron chi connectivity index (χ4n) is 1.51. The molecule has 0 aliphatic carbocycles. The highest BCUT2D eigenvalue weighted by Crippen LogP contribution is 2.10. The van der Waals surface area contributed by atoms with E-state index in [9.17, 15) is 4.79 Å². The van der Waals surface area contributed by atoms with Crippen molar-refractivity contribution < 1.29 is 9.53 Å². The number of hydrogen-bond donors (Lipinski definition) is 2. The SMILES string of the molecule is CC(Oc1ccccc1)C(=O)NNc1ccccc1. The van der Waals surface area contributed by atoms with Gasteiger partial charge in [-0.2, -0.15) is 0 Å². The van der Waals surface area contributed by atoms with Crippen molar-refractivity contribution in [3.63, 3.8) is 0 Å². The number of anilines is 1. The molecule has 0 radical (unpaired) electrons. The molecule has 2 aromatic rings. The van der Waals surface area contributed by atoms with Gasteiger partial charge in [-0.25, -0.2) is 0 Å². The summed E-state index contributed by atoms with van der Waals surface area (Å²) in [5, 5.41) is 0. The van der Waals surface area contributed by atoms with Crippen LogP contribution in [0.4, 0.5) is 5.69 Å². The first kappa shape index (κ1) is 13.0. The fourth-order valence-corrected chi connectivity index (χ4v) is 1.51. The first-order valence-electron chi connectivity index (χ1n) is 6.08. The van der Waals surface area contributed by atoms with Crippen LogP contribution in [-0.2, 0) is 4.79 Å². The van der Waals surface area contributed by atoms with Gasteiger partial charge in [-0.15, -0.1) is 0 Å². The average Bonchev–Trinajstić information content (AvgIpc) is 2.47. The van der Waals surface area contributed by atoms with E-state index in [-0.39, 0.29) is 5.91 Å². The predicted molar refractivity (Wildman–Crippen MR) is 74.7 cm³/mol. The summed E-state index contributed by atoms with van der Waals surface area (Å²) in [7, 11) is 0. The number of carbonyl (C=O) groups excluding carboxylic acids is 1. The summed E-state index contributed by atoms with van der Waals surface area (Å²) in [4.78, 5) is 11.8. The number of rotatable bonds is 5. The minimum atomic E-state index is -0.571. The van der Waals surface area contributed by atoms with Crippen LogP contribution in [0.2, 0.25) is 0 Å². The lowest BCUT2D eigenvalue weighted by Gasteiger charge is -2.15. The molecule has 0 bridgehead atoms. The largest absolute Gasteiger partial charge is 0.481 e. The Labute approximate surface area is 112 Å². The van der Waals surface area contributed by atoms with Crippen LogP contribution in [0.15, 0.2) is 60.7 Å². The van der Waals surface area contributed by atoms with E-state index in [4.69, 9.17) is 4.74 Å². The molecule has 19 heavy (non-hydrogen) atoms. The van der Waals surface area contributed by atoms with E-state index in [1.807, 2.05) is 60.7 Å². The Balaban J connectivity index is 1.83. The van der Waals surface area contributed by atoms with Crippen LogP contribution >= 0.6 is 0 Å². The number of hydrogen-bond acceptors (Lipinski definition) is 3. The molecule has 1 unspecified atom stereocenters. The lowest BCUT2D eigenvalue weighted by molar-refractivity contribution is -0.126. The molecule has 2 aromatic carbocycles. The summed E-state index contributed by atoms with van der Waals surface area (Å²) in [6.45, 7) is 1.70. The van der Waals surface area contributed by atoms with E-state index in [2.05, 4.69) is 10.9 Å². The molecule has 1 atom stereocenters. The number of hydrazine groups is 1. The van der Waals surface area contributed by atoms with Crippen LogP contribution in [0.3, 0.4) is 0 Å². The molecule has 4 nitrogen and oxygen atoms in total. The van der Waals surface area contributed by atoms with Crippen molar-refractivity contribution in [2.75, 3.05) is 5.43 Å². The Morgan fingerprint density at radius 1 is 1.00 bits per heavy atom. The highest BCUT2D eigenvalue weighted by Gasteiger charge is 2.13. The summed E-state index contributed by atoms with van der Waals surface area (Å²) in [5.41, 5.74) is 6.26. The lowest BCUT2D eigenvalue weighted by Crippen LogP contribution is -2.39. The predicted octanol–water partition coefficient (Wildman–Crippen LogP) is 2.60. The molecule has 0 aliphatic rings. The summed E-state index contributed by atoms with van der Waals surface area (Å²) < 4.78 is 5.51. The number of ether oxygens (including phenoxy) is 1. The van der Waals surface area contributed by atoms with Gasteiger partial charge in [0.05, 0.1) is 5.69 Å². The van der Waals surface area contributed by atoms with Gasteiger partial charge in [-0.3, -0.25) is 15.6 Å². The quantitative estimate of drug-likeness (QED) is 0.808. The lowest BCUT2D eigenvalue weighted by atomic mass is 10.3. The van der Waals surface area contributed by atoms with E-state index >= 15 is 0 Å². The van der Waals surface area contributed by atoms with Crippen LogP contribution < -0.4 is 15.6 Å². The summed E-state index contributed by atoms with van der Waals surface area (Å²) in [6.07, 6.45) is -0.571. The molecule has 1 amide bonds. The second-order valence-corrected chi connectivity index (χ2v) is 4.05. The average molecular weight is 256 g/mol. The Morgan fingerprint density at radius 3 is 2.21 bits per heavy atom. The maximum absolute atomic E-state index is 11.8. The van der Waals surface area contributed by atoms with Crippen molar-refractivity contribution in [2.45, 2.75) is 13.0 Å². The van der Waals surface area contributed by atoms with E-state index in [0.29, 0.717) is 5.75 Å². The Kier molecular flexibility index (Phi) is 4.39. The topological polar surface area (TPSA) is 50.4 Å². The van der Waals surface area contributed by atoms with Crippen molar-refractivity contribution in [3.05, 3.63) is 60.7 Å². The summed E-state index contributed by atoms with van der Waals surface area (Å²) >= 11 is 0. The van der Waals surface area contributed by atoms with Gasteiger partial charge >= 0.3 is 0 Å². The van der Waals surface area contributed by atoms with E-state index in [0.717, 1.165) is 5.69 Å². The third-order valence-corrected chi connectivity index (χ3v) is 2.53. The number of benzene rings is 2. The van der Waals surface area contributed by atoms with Crippen LogP contribution in [0.5, 0.6) is 5.75 Å². The standard InChI is InChI=1S/C15H16N2O2/c1-12(19-14-10-6-3-7-11-14)15(18)17-16-13-8-4-2-5-9-13/h2-12,16H,1H3,(H,17,18). The Morgan fingerprint density at radius 2 is 1.58 bits per heavy atom. The molecule has 0 saturated carbocycles. The van der Waals surface area contributed by atoms with Gasteiger partial charge in [-0.05, 0) is 31.2 Å². The number of carbonyl (C=O) groups is 1. The van der Waals surface area contributed by atoms with Gasteiger partial charge in [0, 0.05) is 0 Å². The van der Waals surface area contributed by atoms with Crippen LogP contribution in [0.25, 0.3) is 0 Å². The third kappa shape index (κ3) is 4.03. The second-order valence-electron chi connectivity index (χ2n) is 4.05. The van der Waals surface area contributed by atoms with Gasteiger partial charge in [0.25, 0.3) is 5.91 Å². The highest BCUT2D eigenvalue weighted by atomic mass is 16.5. The second kappa shape index (κ2) is 6.44. The van der Waals surface area contributed by atoms with Crippen molar-refractivity contribution >= 4 is 11.6 Å². The van der Waals surface area contributed by atoms with Gasteiger partial charge in [-0.1, -0.05) is 36.4 Å². The zero-order valence-corrected chi connectivity index (χ0v) is 10.7. The van der Waals surface area contributed by atoms with Gasteiger partial charge in [0.1, 0.15) is 5.75 Å². The molecule has 4 heteroatoms. The molecule has 0 saturated heterocycles. The molecule has 2 N–H and O–H groups in total. The van der Waals surface area contributed by atoms with Crippen molar-refractivity contribution in [1.82, 2.24) is 5.43 Å². The van der Waals surface area contributed by atoms with Gasteiger partial charge in [0.15, 0.2) is 6.10 Å². The van der Waals surface area contributed by atoms with E-state index < -0.39 is 6.10 Å². The molecular weight excluding hydrogens is 240 g/mol. The molecular formula is C15H16N2O2. The first-order valence-corrected chi connectivity index (χ1v) is 6.08. The maximum atomic E-state index is 11.8. The van der Waals surface area contributed by atoms with Crippen molar-refractivity contribution in [2.24, 2.45) is 0 Å². The van der Waals surface area contributed by atoms with Gasteiger partial charge in [0.2, 0.25) is 0 Å². The number of amides is 1. The maximum Gasteiger partial charge on any atom is 0.279 e. The third-order valence-electron chi connectivity index (χ3n) is 2.53. The Bertz CT molecular complexity index is 514. The molecule has 0 fully saturated rings. The molecule has 0 heterocycles. The van der Waals surface area contributed by atoms with E-state index in [1.165, 1.54) is 0 Å². The normalized spacial score (nSPS) is 11.4. The molecule has 98 valence electrons. The van der Waals surface area contributed by atoms with E-state index in [1.54, 1.807) is 6.92 Å². The smallest absolute Gasteiger partial charge is 0.279 e.